The largest absolute Gasteiger partial charge is 0.339 e. The van der Waals surface area contributed by atoms with Crippen molar-refractivity contribution in [2.24, 2.45) is 0 Å². The topological polar surface area (TPSA) is 75.2 Å². The van der Waals surface area contributed by atoms with Crippen LogP contribution in [0.25, 0.3) is 10.6 Å². The number of hydrogen-bond acceptors (Lipinski definition) is 5. The Bertz CT molecular complexity index is 1070. The second-order valence-electron chi connectivity index (χ2n) is 8.26. The molecule has 1 aromatic heterocycles. The molecule has 33 heavy (non-hydrogen) atoms. The number of benzene rings is 2. The van der Waals surface area contributed by atoms with Gasteiger partial charge >= 0.3 is 0 Å². The van der Waals surface area contributed by atoms with Gasteiger partial charge in [0, 0.05) is 29.0 Å². The summed E-state index contributed by atoms with van der Waals surface area (Å²) in [6, 6.07) is 17.8. The molecule has 0 unspecified atom stereocenters. The average molecular weight is 527 g/mol. The third-order valence-electron chi connectivity index (χ3n) is 5.88. The van der Waals surface area contributed by atoms with Crippen molar-refractivity contribution in [3.05, 3.63) is 64.6 Å². The Hall–Kier alpha value is -2.58. The van der Waals surface area contributed by atoms with Crippen molar-refractivity contribution >= 4 is 44.2 Å². The van der Waals surface area contributed by atoms with Crippen LogP contribution in [0.1, 0.15) is 44.1 Å². The Labute approximate surface area is 206 Å². The van der Waals surface area contributed by atoms with E-state index >= 15 is 0 Å². The van der Waals surface area contributed by atoms with Gasteiger partial charge in [0.25, 0.3) is 0 Å². The molecule has 6 nitrogen and oxygen atoms in total. The van der Waals surface area contributed by atoms with E-state index in [1.807, 2.05) is 59.5 Å². The molecule has 0 atom stereocenters. The average Bonchev–Trinajstić information content (AvgIpc) is 3.29. The molecule has 0 spiro atoms. The molecule has 1 fully saturated rings. The van der Waals surface area contributed by atoms with E-state index in [4.69, 9.17) is 0 Å². The van der Waals surface area contributed by atoms with Gasteiger partial charge in [0.1, 0.15) is 5.01 Å². The molecule has 0 radical (unpaired) electrons. The van der Waals surface area contributed by atoms with Crippen LogP contribution in [0.3, 0.4) is 0 Å². The number of nitrogens with zero attached hydrogens (tertiary/aromatic N) is 3. The zero-order valence-corrected chi connectivity index (χ0v) is 20.8. The number of halogens is 1. The number of hydrogen-bond donors (Lipinski definition) is 1. The molecule has 1 aliphatic rings. The van der Waals surface area contributed by atoms with Crippen molar-refractivity contribution in [1.82, 2.24) is 15.1 Å². The highest BCUT2D eigenvalue weighted by atomic mass is 79.9. The summed E-state index contributed by atoms with van der Waals surface area (Å²) >= 11 is 4.76. The summed E-state index contributed by atoms with van der Waals surface area (Å²) in [6.07, 6.45) is 6.11. The SMILES string of the molecule is O=C(CCN(C(=O)Cc1ccccc1)C1CCCCC1)Nc1nnc(-c2ccc(Br)cc2)s1. The molecule has 8 heteroatoms. The molecule has 0 aliphatic heterocycles. The highest BCUT2D eigenvalue weighted by Crippen LogP contribution is 2.28. The fourth-order valence-corrected chi connectivity index (χ4v) is 5.19. The predicted octanol–water partition coefficient (Wildman–Crippen LogP) is 5.70. The maximum absolute atomic E-state index is 13.1. The Kier molecular flexibility index (Phi) is 8.23. The summed E-state index contributed by atoms with van der Waals surface area (Å²) in [6.45, 7) is 0.417. The smallest absolute Gasteiger partial charge is 0.227 e. The zero-order chi connectivity index (χ0) is 23.0. The first-order chi connectivity index (χ1) is 16.1. The lowest BCUT2D eigenvalue weighted by molar-refractivity contribution is -0.134. The van der Waals surface area contributed by atoms with Crippen LogP contribution in [0.5, 0.6) is 0 Å². The Morgan fingerprint density at radius 3 is 2.45 bits per heavy atom. The molecule has 1 aliphatic carbocycles. The molecule has 0 bridgehead atoms. The first kappa shape index (κ1) is 23.6. The number of aromatic nitrogens is 2. The number of amides is 2. The van der Waals surface area contributed by atoms with Crippen LogP contribution >= 0.6 is 27.3 Å². The van der Waals surface area contributed by atoms with Crippen molar-refractivity contribution in [3.8, 4) is 10.6 Å². The van der Waals surface area contributed by atoms with Crippen LogP contribution in [0, 0.1) is 0 Å². The van der Waals surface area contributed by atoms with Gasteiger partial charge in [0.15, 0.2) is 0 Å². The van der Waals surface area contributed by atoms with Gasteiger partial charge in [-0.2, -0.15) is 0 Å². The summed E-state index contributed by atoms with van der Waals surface area (Å²) in [7, 11) is 0. The molecule has 172 valence electrons. The number of carbonyl (C=O) groups excluding carboxylic acids is 2. The Morgan fingerprint density at radius 2 is 1.73 bits per heavy atom. The minimum atomic E-state index is -0.151. The molecule has 1 N–H and O–H groups in total. The van der Waals surface area contributed by atoms with Crippen LogP contribution in [0.4, 0.5) is 5.13 Å². The second kappa shape index (κ2) is 11.5. The zero-order valence-electron chi connectivity index (χ0n) is 18.4. The minimum Gasteiger partial charge on any atom is -0.339 e. The van der Waals surface area contributed by atoms with Gasteiger partial charge in [-0.25, -0.2) is 0 Å². The lowest BCUT2D eigenvalue weighted by Crippen LogP contribution is -2.43. The maximum atomic E-state index is 13.1. The first-order valence-corrected chi connectivity index (χ1v) is 12.9. The van der Waals surface area contributed by atoms with Gasteiger partial charge in [-0.15, -0.1) is 10.2 Å². The lowest BCUT2D eigenvalue weighted by Gasteiger charge is -2.34. The summed E-state index contributed by atoms with van der Waals surface area (Å²) in [5.74, 6) is -0.0591. The van der Waals surface area contributed by atoms with Crippen molar-refractivity contribution in [2.45, 2.75) is 51.0 Å². The van der Waals surface area contributed by atoms with E-state index in [9.17, 15) is 9.59 Å². The van der Waals surface area contributed by atoms with Crippen molar-refractivity contribution < 1.29 is 9.59 Å². The van der Waals surface area contributed by atoms with Gasteiger partial charge in [0.2, 0.25) is 16.9 Å². The van der Waals surface area contributed by atoms with Gasteiger partial charge in [0.05, 0.1) is 6.42 Å². The van der Waals surface area contributed by atoms with E-state index in [1.165, 1.54) is 17.8 Å². The third kappa shape index (κ3) is 6.71. The summed E-state index contributed by atoms with van der Waals surface area (Å²) in [5, 5.41) is 12.4. The van der Waals surface area contributed by atoms with E-state index in [-0.39, 0.29) is 24.3 Å². The standard InChI is InChI=1S/C25H27BrN4O2S/c26-20-13-11-19(12-14-20)24-28-29-25(33-24)27-22(31)15-16-30(21-9-5-2-6-10-21)23(32)17-18-7-3-1-4-8-18/h1,3-4,7-8,11-14,21H,2,5-6,9-10,15-17H2,(H,27,29,31). The molecule has 0 saturated heterocycles. The Morgan fingerprint density at radius 1 is 1.00 bits per heavy atom. The molecule has 3 aromatic rings. The minimum absolute atomic E-state index is 0.0920. The summed E-state index contributed by atoms with van der Waals surface area (Å²) < 4.78 is 0.994. The molecular formula is C25H27BrN4O2S. The normalized spacial score (nSPS) is 14.1. The number of rotatable bonds is 8. The van der Waals surface area contributed by atoms with Gasteiger partial charge < -0.3 is 10.2 Å². The highest BCUT2D eigenvalue weighted by Gasteiger charge is 2.26. The van der Waals surface area contributed by atoms with Gasteiger partial charge in [-0.05, 0) is 30.5 Å². The van der Waals surface area contributed by atoms with E-state index in [2.05, 4.69) is 31.4 Å². The van der Waals surface area contributed by atoms with Crippen LogP contribution in [0.2, 0.25) is 0 Å². The molecule has 2 aromatic carbocycles. The first-order valence-electron chi connectivity index (χ1n) is 11.3. The van der Waals surface area contributed by atoms with Crippen molar-refractivity contribution in [3.63, 3.8) is 0 Å². The van der Waals surface area contributed by atoms with Crippen molar-refractivity contribution in [1.29, 1.82) is 0 Å². The second-order valence-corrected chi connectivity index (χ2v) is 10.2. The fraction of sp³-hybridized carbons (Fsp3) is 0.360. The lowest BCUT2D eigenvalue weighted by atomic mass is 9.93. The molecule has 2 amide bonds. The van der Waals surface area contributed by atoms with Gasteiger partial charge in [-0.3, -0.25) is 9.59 Å². The predicted molar refractivity (Wildman–Crippen MR) is 135 cm³/mol. The third-order valence-corrected chi connectivity index (χ3v) is 7.29. The monoisotopic (exact) mass is 526 g/mol. The summed E-state index contributed by atoms with van der Waals surface area (Å²) in [5.41, 5.74) is 1.95. The number of nitrogens with one attached hydrogen (secondary N) is 1. The van der Waals surface area contributed by atoms with Gasteiger partial charge in [-0.1, -0.05) is 89.0 Å². The van der Waals surface area contributed by atoms with Crippen molar-refractivity contribution in [2.75, 3.05) is 11.9 Å². The Balaban J connectivity index is 1.36. The van der Waals surface area contributed by atoms with E-state index in [1.54, 1.807) is 0 Å². The highest BCUT2D eigenvalue weighted by molar-refractivity contribution is 9.10. The number of carbonyl (C=O) groups is 2. The quantitative estimate of drug-likeness (QED) is 0.408. The van der Waals surface area contributed by atoms with Crippen LogP contribution in [0.15, 0.2) is 59.1 Å². The van der Waals surface area contributed by atoms with Crippen LogP contribution in [-0.2, 0) is 16.0 Å². The van der Waals surface area contributed by atoms with Crippen LogP contribution < -0.4 is 5.32 Å². The molecule has 1 heterocycles. The maximum Gasteiger partial charge on any atom is 0.227 e. The number of anilines is 1. The molecule has 4 rings (SSSR count). The van der Waals surface area contributed by atoms with E-state index in [0.29, 0.717) is 18.1 Å². The summed E-state index contributed by atoms with van der Waals surface area (Å²) in [4.78, 5) is 27.7. The van der Waals surface area contributed by atoms with E-state index < -0.39 is 0 Å². The fourth-order valence-electron chi connectivity index (χ4n) is 4.16. The van der Waals surface area contributed by atoms with Crippen LogP contribution in [-0.4, -0.2) is 39.5 Å². The van der Waals surface area contributed by atoms with E-state index in [0.717, 1.165) is 46.3 Å². The molecule has 1 saturated carbocycles. The molecular weight excluding hydrogens is 500 g/mol.